The molecular formula is C22H21N3O4S. The van der Waals surface area contributed by atoms with Gasteiger partial charge in [-0.25, -0.2) is 9.78 Å². The second kappa shape index (κ2) is 7.97. The second-order valence-corrected chi connectivity index (χ2v) is 8.46. The van der Waals surface area contributed by atoms with Crippen molar-refractivity contribution >= 4 is 38.6 Å². The monoisotopic (exact) mass is 423 g/mol. The first-order valence-electron chi connectivity index (χ1n) is 9.89. The minimum Gasteiger partial charge on any atom is -0.465 e. The number of nitrogens with one attached hydrogen (secondary N) is 1. The van der Waals surface area contributed by atoms with Gasteiger partial charge in [0.05, 0.1) is 16.5 Å². The topological polar surface area (TPSA) is 87.8 Å². The van der Waals surface area contributed by atoms with Crippen LogP contribution in [0.15, 0.2) is 53.1 Å². The molecule has 1 saturated heterocycles. The van der Waals surface area contributed by atoms with Crippen molar-refractivity contribution in [1.82, 2.24) is 15.2 Å². The van der Waals surface area contributed by atoms with Crippen LogP contribution in [0.2, 0.25) is 0 Å². The van der Waals surface area contributed by atoms with Crippen molar-refractivity contribution in [2.75, 3.05) is 13.1 Å². The molecule has 1 aliphatic heterocycles. The van der Waals surface area contributed by atoms with Gasteiger partial charge >= 0.3 is 6.09 Å². The van der Waals surface area contributed by atoms with Crippen LogP contribution in [-0.2, 0) is 6.54 Å². The fourth-order valence-corrected chi connectivity index (χ4v) is 4.73. The molecule has 154 valence electrons. The summed E-state index contributed by atoms with van der Waals surface area (Å²) in [7, 11) is 0. The van der Waals surface area contributed by atoms with Crippen molar-refractivity contribution in [3.05, 3.63) is 54.3 Å². The summed E-state index contributed by atoms with van der Waals surface area (Å²) in [5, 5.41) is 13.1. The Labute approximate surface area is 176 Å². The molecule has 8 heteroatoms. The van der Waals surface area contributed by atoms with E-state index in [9.17, 15) is 4.79 Å². The van der Waals surface area contributed by atoms with Crippen LogP contribution in [0.5, 0.6) is 10.9 Å². The van der Waals surface area contributed by atoms with Gasteiger partial charge in [0.15, 0.2) is 0 Å². The molecule has 30 heavy (non-hydrogen) atoms. The van der Waals surface area contributed by atoms with Gasteiger partial charge in [-0.15, -0.1) is 0 Å². The maximum Gasteiger partial charge on any atom is 0.404 e. The normalized spacial score (nSPS) is 15.6. The lowest BCUT2D eigenvalue weighted by atomic mass is 10.0. The van der Waals surface area contributed by atoms with Gasteiger partial charge < -0.3 is 19.6 Å². The lowest BCUT2D eigenvalue weighted by Gasteiger charge is -2.31. The zero-order valence-corrected chi connectivity index (χ0v) is 17.0. The number of piperidine rings is 1. The third-order valence-electron chi connectivity index (χ3n) is 5.42. The number of amides is 1. The van der Waals surface area contributed by atoms with Crippen molar-refractivity contribution in [3.63, 3.8) is 0 Å². The number of carbonyl (C=O) groups is 1. The van der Waals surface area contributed by atoms with Crippen LogP contribution in [0.3, 0.4) is 0 Å². The molecule has 0 saturated carbocycles. The number of para-hydroxylation sites is 1. The molecule has 3 heterocycles. The quantitative estimate of drug-likeness (QED) is 0.466. The maximum absolute atomic E-state index is 10.8. The van der Waals surface area contributed by atoms with E-state index in [4.69, 9.17) is 14.3 Å². The highest BCUT2D eigenvalue weighted by Crippen LogP contribution is 2.33. The van der Waals surface area contributed by atoms with Gasteiger partial charge in [0.2, 0.25) is 0 Å². The summed E-state index contributed by atoms with van der Waals surface area (Å²) in [6.07, 6.45) is 2.50. The van der Waals surface area contributed by atoms with Crippen molar-refractivity contribution in [3.8, 4) is 10.9 Å². The number of hydrogen-bond acceptors (Lipinski definition) is 6. The second-order valence-electron chi connectivity index (χ2n) is 7.47. The number of fused-ring (bicyclic) bond motifs is 2. The zero-order valence-electron chi connectivity index (χ0n) is 16.2. The average Bonchev–Trinajstić information content (AvgIpc) is 3.32. The highest BCUT2D eigenvalue weighted by atomic mass is 32.1. The number of benzene rings is 2. The Bertz CT molecular complexity index is 1160. The van der Waals surface area contributed by atoms with Crippen LogP contribution < -0.4 is 10.1 Å². The Hall–Kier alpha value is -3.10. The van der Waals surface area contributed by atoms with Gasteiger partial charge in [-0.05, 0) is 37.1 Å². The van der Waals surface area contributed by atoms with Crippen molar-refractivity contribution in [1.29, 1.82) is 0 Å². The summed E-state index contributed by atoms with van der Waals surface area (Å²) < 4.78 is 12.8. The Kier molecular flexibility index (Phi) is 5.02. The van der Waals surface area contributed by atoms with Crippen LogP contribution in [0, 0.1) is 0 Å². The van der Waals surface area contributed by atoms with Gasteiger partial charge in [-0.2, -0.15) is 0 Å². The Morgan fingerprint density at radius 1 is 1.27 bits per heavy atom. The third-order valence-corrected chi connectivity index (χ3v) is 6.33. The molecule has 0 aliphatic carbocycles. The smallest absolute Gasteiger partial charge is 0.404 e. The number of likely N-dealkylation sites (tertiary alicyclic amines) is 1. The molecule has 7 nitrogen and oxygen atoms in total. The molecule has 0 bridgehead atoms. The van der Waals surface area contributed by atoms with E-state index in [1.807, 2.05) is 42.5 Å². The Morgan fingerprint density at radius 3 is 2.90 bits per heavy atom. The highest BCUT2D eigenvalue weighted by molar-refractivity contribution is 7.20. The third kappa shape index (κ3) is 3.96. The highest BCUT2D eigenvalue weighted by Gasteiger charge is 2.21. The van der Waals surface area contributed by atoms with Crippen LogP contribution in [0.1, 0.15) is 18.4 Å². The molecule has 1 amide bonds. The maximum atomic E-state index is 10.8. The largest absolute Gasteiger partial charge is 0.465 e. The number of carboxylic acid groups (broad SMARTS) is 1. The van der Waals surface area contributed by atoms with Crippen LogP contribution in [0.25, 0.3) is 21.2 Å². The zero-order chi connectivity index (χ0) is 20.5. The van der Waals surface area contributed by atoms with Gasteiger partial charge in [-0.1, -0.05) is 23.5 Å². The molecule has 0 spiro atoms. The van der Waals surface area contributed by atoms with Crippen LogP contribution in [-0.4, -0.2) is 40.2 Å². The molecule has 0 unspecified atom stereocenters. The number of hydrogen-bond donors (Lipinski definition) is 2. The molecule has 2 N–H and O–H groups in total. The van der Waals surface area contributed by atoms with E-state index in [-0.39, 0.29) is 6.04 Å². The van der Waals surface area contributed by atoms with Gasteiger partial charge in [-0.3, -0.25) is 4.90 Å². The van der Waals surface area contributed by atoms with E-state index < -0.39 is 6.09 Å². The lowest BCUT2D eigenvalue weighted by molar-refractivity contribution is 0.165. The summed E-state index contributed by atoms with van der Waals surface area (Å²) in [4.78, 5) is 17.6. The SMILES string of the molecule is O=C(O)NC1CCN(Cc2coc3cc(Oc4nc5ccccc5s4)ccc23)CC1. The van der Waals surface area contributed by atoms with Crippen molar-refractivity contribution in [2.24, 2.45) is 0 Å². The van der Waals surface area contributed by atoms with E-state index >= 15 is 0 Å². The molecule has 0 atom stereocenters. The number of thiazole rings is 1. The van der Waals surface area contributed by atoms with Crippen molar-refractivity contribution in [2.45, 2.75) is 25.4 Å². The summed E-state index contributed by atoms with van der Waals surface area (Å²) >= 11 is 1.52. The van der Waals surface area contributed by atoms with E-state index in [1.165, 1.54) is 11.3 Å². The number of ether oxygens (including phenoxy) is 1. The molecule has 4 aromatic rings. The molecule has 1 aliphatic rings. The average molecular weight is 423 g/mol. The summed E-state index contributed by atoms with van der Waals surface area (Å²) in [5.41, 5.74) is 2.84. The molecule has 1 fully saturated rings. The van der Waals surface area contributed by atoms with E-state index in [1.54, 1.807) is 6.26 Å². The molecule has 2 aromatic carbocycles. The van der Waals surface area contributed by atoms with E-state index in [0.29, 0.717) is 10.9 Å². The predicted molar refractivity (Wildman–Crippen MR) is 115 cm³/mol. The number of aromatic nitrogens is 1. The lowest BCUT2D eigenvalue weighted by Crippen LogP contribution is -2.43. The first kappa shape index (κ1) is 18.9. The standard InChI is InChI=1S/C22H21N3O4S/c26-21(27)23-15-7-9-25(10-8-15)12-14-13-28-19-11-16(5-6-17(14)19)29-22-24-18-3-1-2-4-20(18)30-22/h1-6,11,13,15,23H,7-10,12H2,(H,26,27). The number of rotatable bonds is 5. The first-order valence-corrected chi connectivity index (χ1v) is 10.7. The summed E-state index contributed by atoms with van der Waals surface area (Å²) in [5.74, 6) is 0.697. The first-order chi connectivity index (χ1) is 14.6. The fourth-order valence-electron chi connectivity index (χ4n) is 3.90. The fraction of sp³-hybridized carbons (Fsp3) is 0.273. The van der Waals surface area contributed by atoms with Crippen molar-refractivity contribution < 1.29 is 19.1 Å². The number of nitrogens with zero attached hydrogens (tertiary/aromatic N) is 2. The molecular weight excluding hydrogens is 402 g/mol. The predicted octanol–water partition coefficient (Wildman–Crippen LogP) is 5.07. The molecule has 2 aromatic heterocycles. The number of furan rings is 1. The van der Waals surface area contributed by atoms with E-state index in [2.05, 4.69) is 15.2 Å². The van der Waals surface area contributed by atoms with Crippen LogP contribution in [0.4, 0.5) is 4.79 Å². The van der Waals surface area contributed by atoms with Gasteiger partial charge in [0.25, 0.3) is 5.19 Å². The minimum absolute atomic E-state index is 0.0436. The molecule has 5 rings (SSSR count). The molecule has 0 radical (unpaired) electrons. The Morgan fingerprint density at radius 2 is 2.10 bits per heavy atom. The Balaban J connectivity index is 1.26. The minimum atomic E-state index is -0.946. The van der Waals surface area contributed by atoms with Gasteiger partial charge in [0.1, 0.15) is 11.3 Å². The van der Waals surface area contributed by atoms with E-state index in [0.717, 1.165) is 59.2 Å². The van der Waals surface area contributed by atoms with Gasteiger partial charge in [0, 0.05) is 42.7 Å². The summed E-state index contributed by atoms with van der Waals surface area (Å²) in [6.45, 7) is 2.50. The van der Waals surface area contributed by atoms with Crippen LogP contribution >= 0.6 is 11.3 Å². The summed E-state index contributed by atoms with van der Waals surface area (Å²) in [6, 6.07) is 13.9.